The zero-order valence-electron chi connectivity index (χ0n) is 9.53. The standard InChI is InChI=1S/C9H19NO3Si/c1-11-9(12-2)6-8(7-10)13-14(3,4)5/h8-9H,6H2,1-5H3. The van der Waals surface area contributed by atoms with Gasteiger partial charge in [-0.05, 0) is 19.6 Å². The summed E-state index contributed by atoms with van der Waals surface area (Å²) in [6.07, 6.45) is -0.351. The fourth-order valence-electron chi connectivity index (χ4n) is 1.02. The maximum absolute atomic E-state index is 8.87. The molecule has 1 atom stereocenters. The Hall–Kier alpha value is -0.413. The van der Waals surface area contributed by atoms with E-state index in [9.17, 15) is 0 Å². The minimum atomic E-state index is -1.67. The Bertz CT molecular complexity index is 193. The van der Waals surface area contributed by atoms with Crippen LogP contribution < -0.4 is 0 Å². The van der Waals surface area contributed by atoms with Crippen molar-refractivity contribution in [2.75, 3.05) is 14.2 Å². The molecule has 0 radical (unpaired) electrons. The van der Waals surface area contributed by atoms with E-state index in [4.69, 9.17) is 19.2 Å². The molecule has 0 bridgehead atoms. The van der Waals surface area contributed by atoms with Gasteiger partial charge in [-0.15, -0.1) is 0 Å². The molecule has 5 heteroatoms. The van der Waals surface area contributed by atoms with Crippen LogP contribution in [0.5, 0.6) is 0 Å². The molecule has 0 heterocycles. The number of hydrogen-bond acceptors (Lipinski definition) is 4. The number of rotatable bonds is 6. The lowest BCUT2D eigenvalue weighted by molar-refractivity contribution is -0.116. The van der Waals surface area contributed by atoms with Crippen molar-refractivity contribution < 1.29 is 13.9 Å². The molecule has 0 rings (SSSR count). The van der Waals surface area contributed by atoms with Gasteiger partial charge in [-0.25, -0.2) is 0 Å². The molecule has 0 aliphatic carbocycles. The van der Waals surface area contributed by atoms with Crippen LogP contribution in [0.15, 0.2) is 0 Å². The first-order valence-corrected chi connectivity index (χ1v) is 7.96. The van der Waals surface area contributed by atoms with Gasteiger partial charge in [-0.1, -0.05) is 0 Å². The zero-order chi connectivity index (χ0) is 11.2. The molecule has 0 fully saturated rings. The average Bonchev–Trinajstić information content (AvgIpc) is 2.10. The van der Waals surface area contributed by atoms with E-state index in [1.54, 1.807) is 14.2 Å². The first kappa shape index (κ1) is 13.6. The Balaban J connectivity index is 4.10. The highest BCUT2D eigenvalue weighted by Crippen LogP contribution is 2.12. The van der Waals surface area contributed by atoms with Gasteiger partial charge in [0.2, 0.25) is 0 Å². The molecule has 0 amide bonds. The van der Waals surface area contributed by atoms with Crippen molar-refractivity contribution in [2.45, 2.75) is 38.5 Å². The lowest BCUT2D eigenvalue weighted by Crippen LogP contribution is -2.34. The van der Waals surface area contributed by atoms with Gasteiger partial charge in [0.05, 0.1) is 6.07 Å². The molecule has 0 N–H and O–H groups in total. The minimum Gasteiger partial charge on any atom is -0.402 e. The Morgan fingerprint density at radius 3 is 2.00 bits per heavy atom. The molecule has 0 aliphatic rings. The van der Waals surface area contributed by atoms with Crippen LogP contribution in [0.2, 0.25) is 19.6 Å². The van der Waals surface area contributed by atoms with Crippen LogP contribution in [0.1, 0.15) is 6.42 Å². The molecule has 82 valence electrons. The van der Waals surface area contributed by atoms with E-state index in [2.05, 4.69) is 6.07 Å². The van der Waals surface area contributed by atoms with Gasteiger partial charge in [0.15, 0.2) is 14.6 Å². The summed E-state index contributed by atoms with van der Waals surface area (Å²) in [5.41, 5.74) is 0. The Morgan fingerprint density at radius 1 is 1.21 bits per heavy atom. The molecule has 14 heavy (non-hydrogen) atoms. The zero-order valence-corrected chi connectivity index (χ0v) is 10.5. The van der Waals surface area contributed by atoms with Gasteiger partial charge >= 0.3 is 0 Å². The van der Waals surface area contributed by atoms with E-state index in [1.165, 1.54) is 0 Å². The lowest BCUT2D eigenvalue weighted by Gasteiger charge is -2.23. The molecule has 0 aliphatic heterocycles. The minimum absolute atomic E-state index is 0.365. The van der Waals surface area contributed by atoms with Crippen molar-refractivity contribution in [3.8, 4) is 6.07 Å². The first-order valence-electron chi connectivity index (χ1n) is 4.56. The van der Waals surface area contributed by atoms with Crippen molar-refractivity contribution >= 4 is 8.32 Å². The van der Waals surface area contributed by atoms with Crippen LogP contribution >= 0.6 is 0 Å². The van der Waals surface area contributed by atoms with Crippen LogP contribution in [0.3, 0.4) is 0 Å². The molecule has 0 aromatic rings. The monoisotopic (exact) mass is 217 g/mol. The topological polar surface area (TPSA) is 51.5 Å². The second-order valence-electron chi connectivity index (χ2n) is 3.98. The molecule has 0 saturated carbocycles. The average molecular weight is 217 g/mol. The Labute approximate surface area is 86.9 Å². The van der Waals surface area contributed by atoms with E-state index < -0.39 is 14.4 Å². The fraction of sp³-hybridized carbons (Fsp3) is 0.889. The normalized spacial score (nSPS) is 14.1. The maximum atomic E-state index is 8.87. The summed E-state index contributed by atoms with van der Waals surface area (Å²) in [7, 11) is 1.44. The molecular formula is C9H19NO3Si. The van der Waals surface area contributed by atoms with E-state index in [0.717, 1.165) is 0 Å². The lowest BCUT2D eigenvalue weighted by atomic mass is 10.3. The molecule has 0 aromatic carbocycles. The third-order valence-corrected chi connectivity index (χ3v) is 2.56. The predicted octanol–water partition coefficient (Wildman–Crippen LogP) is 1.74. The number of hydrogen-bond donors (Lipinski definition) is 0. The maximum Gasteiger partial charge on any atom is 0.185 e. The molecule has 0 spiro atoms. The van der Waals surface area contributed by atoms with Crippen molar-refractivity contribution in [3.05, 3.63) is 0 Å². The molecule has 4 nitrogen and oxygen atoms in total. The van der Waals surface area contributed by atoms with Gasteiger partial charge < -0.3 is 13.9 Å². The summed E-state index contributed by atoms with van der Waals surface area (Å²) in [5.74, 6) is 0. The van der Waals surface area contributed by atoms with Crippen LogP contribution in [-0.4, -0.2) is 34.9 Å². The van der Waals surface area contributed by atoms with Gasteiger partial charge in [0.1, 0.15) is 6.10 Å². The first-order chi connectivity index (χ1) is 6.42. The van der Waals surface area contributed by atoms with E-state index in [-0.39, 0.29) is 6.29 Å². The van der Waals surface area contributed by atoms with Gasteiger partial charge in [0, 0.05) is 20.6 Å². The molecule has 1 unspecified atom stereocenters. The smallest absolute Gasteiger partial charge is 0.185 e. The molecular weight excluding hydrogens is 198 g/mol. The van der Waals surface area contributed by atoms with Gasteiger partial charge in [-0.3, -0.25) is 0 Å². The Morgan fingerprint density at radius 2 is 1.71 bits per heavy atom. The molecule has 0 aromatic heterocycles. The van der Waals surface area contributed by atoms with Crippen LogP contribution in [0.25, 0.3) is 0 Å². The second kappa shape index (κ2) is 6.14. The molecule has 0 saturated heterocycles. The van der Waals surface area contributed by atoms with Crippen molar-refractivity contribution in [1.29, 1.82) is 5.26 Å². The highest BCUT2D eigenvalue weighted by atomic mass is 28.4. The van der Waals surface area contributed by atoms with Crippen LogP contribution in [0.4, 0.5) is 0 Å². The summed E-state index contributed by atoms with van der Waals surface area (Å²) in [4.78, 5) is 0. The summed E-state index contributed by atoms with van der Waals surface area (Å²) < 4.78 is 15.7. The number of nitriles is 1. The van der Waals surface area contributed by atoms with Gasteiger partial charge in [-0.2, -0.15) is 5.26 Å². The Kier molecular flexibility index (Phi) is 5.96. The number of nitrogens with zero attached hydrogens (tertiary/aromatic N) is 1. The van der Waals surface area contributed by atoms with E-state index in [0.29, 0.717) is 6.42 Å². The highest BCUT2D eigenvalue weighted by molar-refractivity contribution is 6.69. The van der Waals surface area contributed by atoms with E-state index in [1.807, 2.05) is 19.6 Å². The van der Waals surface area contributed by atoms with Crippen LogP contribution in [0, 0.1) is 11.3 Å². The van der Waals surface area contributed by atoms with Crippen molar-refractivity contribution in [1.82, 2.24) is 0 Å². The predicted molar refractivity (Wildman–Crippen MR) is 56.3 cm³/mol. The number of methoxy groups -OCH3 is 2. The third kappa shape index (κ3) is 6.10. The second-order valence-corrected chi connectivity index (χ2v) is 8.45. The van der Waals surface area contributed by atoms with Crippen molar-refractivity contribution in [3.63, 3.8) is 0 Å². The summed E-state index contributed by atoms with van der Waals surface area (Å²) >= 11 is 0. The summed E-state index contributed by atoms with van der Waals surface area (Å²) in [6.45, 7) is 6.14. The highest BCUT2D eigenvalue weighted by Gasteiger charge is 2.23. The quantitative estimate of drug-likeness (QED) is 0.502. The fourth-order valence-corrected chi connectivity index (χ4v) is 2.02. The van der Waals surface area contributed by atoms with E-state index >= 15 is 0 Å². The summed E-state index contributed by atoms with van der Waals surface area (Å²) in [6, 6.07) is 2.11. The SMILES string of the molecule is COC(CC(C#N)O[Si](C)(C)C)OC. The summed E-state index contributed by atoms with van der Waals surface area (Å²) in [5, 5.41) is 8.87. The third-order valence-electron chi connectivity index (χ3n) is 1.57. The van der Waals surface area contributed by atoms with Crippen LogP contribution in [-0.2, 0) is 13.9 Å². The van der Waals surface area contributed by atoms with Crippen molar-refractivity contribution in [2.24, 2.45) is 0 Å². The largest absolute Gasteiger partial charge is 0.402 e. The van der Waals surface area contributed by atoms with Gasteiger partial charge in [0.25, 0.3) is 0 Å². The number of ether oxygens (including phenoxy) is 2.